The first-order valence-electron chi connectivity index (χ1n) is 10.6. The molecule has 0 aromatic heterocycles. The van der Waals surface area contributed by atoms with Crippen molar-refractivity contribution in [2.24, 2.45) is 5.10 Å². The first-order chi connectivity index (χ1) is 15.7. The molecule has 0 bridgehead atoms. The molecule has 1 aromatic rings. The summed E-state index contributed by atoms with van der Waals surface area (Å²) in [5.41, 5.74) is 1.66. The Hall–Kier alpha value is -3.40. The molecule has 0 spiro atoms. The number of hydrazone groups is 1. The van der Waals surface area contributed by atoms with Gasteiger partial charge in [0.25, 0.3) is 0 Å². The third-order valence-corrected chi connectivity index (χ3v) is 5.57. The van der Waals surface area contributed by atoms with Gasteiger partial charge in [-0.05, 0) is 38.0 Å². The number of hydrogen-bond acceptors (Lipinski definition) is 7. The number of urea groups is 1. The molecule has 1 aromatic carbocycles. The largest absolute Gasteiger partial charge is 0.463 e. The Morgan fingerprint density at radius 3 is 2.61 bits per heavy atom. The summed E-state index contributed by atoms with van der Waals surface area (Å²) in [6, 6.07) is 3.95. The van der Waals surface area contributed by atoms with E-state index in [4.69, 9.17) is 21.1 Å². The lowest BCUT2D eigenvalue weighted by molar-refractivity contribution is -0.140. The molecule has 2 aliphatic heterocycles. The Kier molecular flexibility index (Phi) is 7.70. The van der Waals surface area contributed by atoms with Crippen molar-refractivity contribution in [2.75, 3.05) is 18.2 Å². The zero-order chi connectivity index (χ0) is 24.1. The van der Waals surface area contributed by atoms with Crippen molar-refractivity contribution in [1.82, 2.24) is 10.6 Å². The van der Waals surface area contributed by atoms with Gasteiger partial charge in [0.15, 0.2) is 0 Å². The fourth-order valence-corrected chi connectivity index (χ4v) is 3.59. The number of ether oxygens (including phenoxy) is 2. The molecule has 3 rings (SSSR count). The van der Waals surface area contributed by atoms with Crippen LogP contribution in [0, 0.1) is 6.92 Å². The van der Waals surface area contributed by atoms with Crippen molar-refractivity contribution in [2.45, 2.75) is 46.1 Å². The third kappa shape index (κ3) is 5.51. The molecule has 0 fully saturated rings. The number of rotatable bonds is 7. The molecule has 2 N–H and O–H groups in total. The maximum Gasteiger partial charge on any atom is 0.354 e. The Balaban J connectivity index is 1.80. The van der Waals surface area contributed by atoms with Gasteiger partial charge >= 0.3 is 18.0 Å². The summed E-state index contributed by atoms with van der Waals surface area (Å²) < 4.78 is 10.4. The number of benzene rings is 1. The lowest BCUT2D eigenvalue weighted by atomic mass is 10.0. The molecule has 0 radical (unpaired) electrons. The molecule has 11 heteroatoms. The number of nitrogens with zero attached hydrogens (tertiary/aromatic N) is 2. The molecule has 2 aliphatic rings. The topological polar surface area (TPSA) is 126 Å². The highest BCUT2D eigenvalue weighted by molar-refractivity contribution is 6.38. The smallest absolute Gasteiger partial charge is 0.354 e. The summed E-state index contributed by atoms with van der Waals surface area (Å²) in [5.74, 6) is -1.65. The van der Waals surface area contributed by atoms with Crippen LogP contribution in [0.15, 0.2) is 34.6 Å². The number of halogens is 1. The number of carbonyl (C=O) groups excluding carboxylic acids is 4. The average Bonchev–Trinajstić information content (AvgIpc) is 2.79. The van der Waals surface area contributed by atoms with Crippen LogP contribution in [0.1, 0.15) is 38.7 Å². The number of amides is 3. The zero-order valence-electron chi connectivity index (χ0n) is 18.6. The minimum absolute atomic E-state index is 0.0388. The van der Waals surface area contributed by atoms with Crippen molar-refractivity contribution in [3.8, 4) is 0 Å². The van der Waals surface area contributed by atoms with Gasteiger partial charge in [0.2, 0.25) is 5.91 Å². The van der Waals surface area contributed by atoms with E-state index in [0.717, 1.165) is 10.6 Å². The van der Waals surface area contributed by atoms with E-state index in [9.17, 15) is 19.2 Å². The second kappa shape index (κ2) is 10.5. The second-order valence-electron chi connectivity index (χ2n) is 7.43. The number of carbonyl (C=O) groups is 4. The zero-order valence-corrected chi connectivity index (χ0v) is 19.3. The van der Waals surface area contributed by atoms with Crippen molar-refractivity contribution in [1.29, 1.82) is 0 Å². The first-order valence-corrected chi connectivity index (χ1v) is 10.9. The molecule has 0 aliphatic carbocycles. The van der Waals surface area contributed by atoms with Crippen molar-refractivity contribution in [3.63, 3.8) is 0 Å². The van der Waals surface area contributed by atoms with Crippen LogP contribution in [0.3, 0.4) is 0 Å². The van der Waals surface area contributed by atoms with Gasteiger partial charge in [-0.15, -0.1) is 0 Å². The van der Waals surface area contributed by atoms with E-state index in [1.807, 2.05) is 6.92 Å². The van der Waals surface area contributed by atoms with Crippen LogP contribution in [0.4, 0.5) is 10.5 Å². The fraction of sp³-hybridized carbons (Fsp3) is 0.409. The van der Waals surface area contributed by atoms with Gasteiger partial charge in [0.05, 0.1) is 29.6 Å². The SMILES string of the molecule is CCOC(=O)C1=C(COC(=O)C2=NN(c3ccc(C)c(Cl)c3)C(=O)CC2)NC(=O)NC1CC. The highest BCUT2D eigenvalue weighted by atomic mass is 35.5. The van der Waals surface area contributed by atoms with Gasteiger partial charge in [-0.2, -0.15) is 5.10 Å². The summed E-state index contributed by atoms with van der Waals surface area (Å²) in [7, 11) is 0. The van der Waals surface area contributed by atoms with Crippen LogP contribution in [-0.4, -0.2) is 48.8 Å². The van der Waals surface area contributed by atoms with Gasteiger partial charge < -0.3 is 20.1 Å². The van der Waals surface area contributed by atoms with Crippen molar-refractivity contribution < 1.29 is 28.7 Å². The third-order valence-electron chi connectivity index (χ3n) is 5.16. The van der Waals surface area contributed by atoms with Crippen LogP contribution >= 0.6 is 11.6 Å². The van der Waals surface area contributed by atoms with Crippen molar-refractivity contribution in [3.05, 3.63) is 40.1 Å². The molecule has 3 amide bonds. The van der Waals surface area contributed by atoms with Crippen LogP contribution in [0.25, 0.3) is 0 Å². The van der Waals surface area contributed by atoms with Gasteiger partial charge in [-0.1, -0.05) is 24.6 Å². The Morgan fingerprint density at radius 2 is 1.94 bits per heavy atom. The number of nitrogens with one attached hydrogen (secondary N) is 2. The van der Waals surface area contributed by atoms with E-state index >= 15 is 0 Å². The molecule has 0 saturated heterocycles. The van der Waals surface area contributed by atoms with Crippen LogP contribution in [-0.2, 0) is 23.9 Å². The monoisotopic (exact) mass is 476 g/mol. The van der Waals surface area contributed by atoms with E-state index in [1.165, 1.54) is 0 Å². The van der Waals surface area contributed by atoms with E-state index in [2.05, 4.69) is 15.7 Å². The Bertz CT molecular complexity index is 1050. The Labute approximate surface area is 195 Å². The summed E-state index contributed by atoms with van der Waals surface area (Å²) in [5, 5.41) is 10.9. The number of esters is 2. The first kappa shape index (κ1) is 24.2. The molecular formula is C22H25ClN4O6. The van der Waals surface area contributed by atoms with Crippen LogP contribution in [0.5, 0.6) is 0 Å². The summed E-state index contributed by atoms with van der Waals surface area (Å²) in [4.78, 5) is 49.5. The van der Waals surface area contributed by atoms with Crippen LogP contribution in [0.2, 0.25) is 5.02 Å². The van der Waals surface area contributed by atoms with Gasteiger partial charge in [-0.25, -0.2) is 19.4 Å². The quantitative estimate of drug-likeness (QED) is 0.582. The molecule has 0 saturated carbocycles. The van der Waals surface area contributed by atoms with Crippen LogP contribution < -0.4 is 15.6 Å². The maximum atomic E-state index is 12.7. The minimum Gasteiger partial charge on any atom is -0.463 e. The second-order valence-corrected chi connectivity index (χ2v) is 7.84. The van der Waals surface area contributed by atoms with E-state index in [0.29, 0.717) is 17.1 Å². The van der Waals surface area contributed by atoms with Gasteiger partial charge in [0.1, 0.15) is 12.3 Å². The maximum absolute atomic E-state index is 12.7. The van der Waals surface area contributed by atoms with Gasteiger partial charge in [0, 0.05) is 17.9 Å². The summed E-state index contributed by atoms with van der Waals surface area (Å²) in [6.07, 6.45) is 0.611. The number of hydrogen-bond donors (Lipinski definition) is 2. The standard InChI is InChI=1S/C22H25ClN4O6/c1-4-15-19(21(30)32-5-2)17(25-22(31)24-15)11-33-20(29)16-8-9-18(28)27(26-16)13-7-6-12(3)14(23)10-13/h6-7,10,15H,4-5,8-9,11H2,1-3H3,(H2,24,25,31). The van der Waals surface area contributed by atoms with Crippen molar-refractivity contribution >= 4 is 46.9 Å². The Morgan fingerprint density at radius 1 is 1.18 bits per heavy atom. The van der Waals surface area contributed by atoms with E-state index < -0.39 is 24.0 Å². The molecule has 1 unspecified atom stereocenters. The molecule has 33 heavy (non-hydrogen) atoms. The summed E-state index contributed by atoms with van der Waals surface area (Å²) in [6.45, 7) is 5.10. The molecular weight excluding hydrogens is 452 g/mol. The predicted molar refractivity (Wildman–Crippen MR) is 121 cm³/mol. The van der Waals surface area contributed by atoms with E-state index in [1.54, 1.807) is 32.0 Å². The molecule has 1 atom stereocenters. The predicted octanol–water partition coefficient (Wildman–Crippen LogP) is 2.58. The highest BCUT2D eigenvalue weighted by Crippen LogP contribution is 2.26. The average molecular weight is 477 g/mol. The van der Waals surface area contributed by atoms with E-state index in [-0.39, 0.29) is 48.9 Å². The lowest BCUT2D eigenvalue weighted by Crippen LogP contribution is -2.51. The summed E-state index contributed by atoms with van der Waals surface area (Å²) >= 11 is 6.15. The fourth-order valence-electron chi connectivity index (χ4n) is 3.41. The molecule has 2 heterocycles. The molecule has 176 valence electrons. The normalized spacial score (nSPS) is 18.4. The lowest BCUT2D eigenvalue weighted by Gasteiger charge is -2.28. The van der Waals surface area contributed by atoms with Gasteiger partial charge in [-0.3, -0.25) is 4.79 Å². The number of anilines is 1. The highest BCUT2D eigenvalue weighted by Gasteiger charge is 2.33. The molecule has 10 nitrogen and oxygen atoms in total. The minimum atomic E-state index is -0.762. The number of aryl methyl sites for hydroxylation is 1.